The summed E-state index contributed by atoms with van der Waals surface area (Å²) in [7, 11) is -3.50. The number of thioether (sulfide) groups is 1. The SMILES string of the molecule is CCN(CC)S(=O)(=O)c1ccc2c(c1)nc(SCc1ccc(Cl)cc1)n2CC. The zero-order chi connectivity index (χ0) is 20.3. The Bertz CT molecular complexity index is 1060. The van der Waals surface area contributed by atoms with E-state index < -0.39 is 10.0 Å². The van der Waals surface area contributed by atoms with E-state index in [-0.39, 0.29) is 0 Å². The summed E-state index contributed by atoms with van der Waals surface area (Å²) in [6, 6.07) is 13.0. The van der Waals surface area contributed by atoms with Gasteiger partial charge in [-0.05, 0) is 42.8 Å². The quantitative estimate of drug-likeness (QED) is 0.463. The van der Waals surface area contributed by atoms with Gasteiger partial charge in [0.1, 0.15) is 0 Å². The van der Waals surface area contributed by atoms with Gasteiger partial charge >= 0.3 is 0 Å². The highest BCUT2D eigenvalue weighted by molar-refractivity contribution is 7.98. The standard InChI is InChI=1S/C20H24ClN3O2S2/c1-4-23(5-2)28(25,26)17-11-12-19-18(13-17)22-20(24(19)6-3)27-14-15-7-9-16(21)10-8-15/h7-13H,4-6,14H2,1-3H3. The summed E-state index contributed by atoms with van der Waals surface area (Å²) in [6.45, 7) is 7.41. The van der Waals surface area contributed by atoms with Crippen LogP contribution < -0.4 is 0 Å². The van der Waals surface area contributed by atoms with E-state index in [1.54, 1.807) is 23.9 Å². The second-order valence-electron chi connectivity index (χ2n) is 6.29. The highest BCUT2D eigenvalue weighted by Crippen LogP contribution is 2.29. The lowest BCUT2D eigenvalue weighted by molar-refractivity contribution is 0.445. The number of sulfonamides is 1. The molecule has 0 amide bonds. The largest absolute Gasteiger partial charge is 0.319 e. The first-order chi connectivity index (χ1) is 13.4. The van der Waals surface area contributed by atoms with Gasteiger partial charge in [0.2, 0.25) is 10.0 Å². The fourth-order valence-electron chi connectivity index (χ4n) is 3.10. The van der Waals surface area contributed by atoms with Gasteiger partial charge in [-0.2, -0.15) is 4.31 Å². The molecule has 0 N–H and O–H groups in total. The van der Waals surface area contributed by atoms with E-state index in [1.165, 1.54) is 4.31 Å². The molecular weight excluding hydrogens is 414 g/mol. The van der Waals surface area contributed by atoms with Crippen LogP contribution in [-0.4, -0.2) is 35.4 Å². The maximum atomic E-state index is 12.8. The molecule has 0 aliphatic heterocycles. The van der Waals surface area contributed by atoms with Gasteiger partial charge in [0.25, 0.3) is 0 Å². The van der Waals surface area contributed by atoms with Crippen molar-refractivity contribution in [1.82, 2.24) is 13.9 Å². The van der Waals surface area contributed by atoms with Crippen molar-refractivity contribution in [3.05, 3.63) is 53.1 Å². The Morgan fingerprint density at radius 3 is 2.36 bits per heavy atom. The molecule has 8 heteroatoms. The Morgan fingerprint density at radius 2 is 1.75 bits per heavy atom. The van der Waals surface area contributed by atoms with Crippen LogP contribution in [0.1, 0.15) is 26.3 Å². The lowest BCUT2D eigenvalue weighted by Crippen LogP contribution is -2.30. The number of halogens is 1. The first-order valence-electron chi connectivity index (χ1n) is 9.28. The molecule has 150 valence electrons. The third kappa shape index (κ3) is 4.22. The van der Waals surface area contributed by atoms with Crippen LogP contribution >= 0.6 is 23.4 Å². The number of hydrogen-bond acceptors (Lipinski definition) is 4. The molecule has 3 aromatic rings. The Hall–Kier alpha value is -1.54. The summed E-state index contributed by atoms with van der Waals surface area (Å²) in [6.07, 6.45) is 0. The molecule has 0 atom stereocenters. The van der Waals surface area contributed by atoms with Crippen molar-refractivity contribution in [2.24, 2.45) is 0 Å². The lowest BCUT2D eigenvalue weighted by Gasteiger charge is -2.18. The highest BCUT2D eigenvalue weighted by Gasteiger charge is 2.23. The first kappa shape index (κ1) is 21.2. The van der Waals surface area contributed by atoms with Crippen LogP contribution in [-0.2, 0) is 22.3 Å². The maximum Gasteiger partial charge on any atom is 0.243 e. The fraction of sp³-hybridized carbons (Fsp3) is 0.350. The van der Waals surface area contributed by atoms with Crippen molar-refractivity contribution in [1.29, 1.82) is 0 Å². The molecule has 2 aromatic carbocycles. The van der Waals surface area contributed by atoms with E-state index in [0.717, 1.165) is 33.6 Å². The normalized spacial score (nSPS) is 12.2. The summed E-state index contributed by atoms with van der Waals surface area (Å²) in [5, 5.41) is 1.60. The molecule has 0 saturated heterocycles. The Balaban J connectivity index is 1.93. The van der Waals surface area contributed by atoms with Crippen LogP contribution in [0.3, 0.4) is 0 Å². The van der Waals surface area contributed by atoms with Crippen LogP contribution in [0.5, 0.6) is 0 Å². The minimum atomic E-state index is -3.50. The first-order valence-corrected chi connectivity index (χ1v) is 12.1. The van der Waals surface area contributed by atoms with Crippen molar-refractivity contribution >= 4 is 44.4 Å². The number of hydrogen-bond donors (Lipinski definition) is 0. The van der Waals surface area contributed by atoms with Crippen LogP contribution in [0.15, 0.2) is 52.5 Å². The van der Waals surface area contributed by atoms with Gasteiger partial charge in [0, 0.05) is 30.4 Å². The number of benzene rings is 2. The second-order valence-corrected chi connectivity index (χ2v) is 9.61. The van der Waals surface area contributed by atoms with Crippen molar-refractivity contribution in [2.45, 2.75) is 43.1 Å². The molecule has 0 unspecified atom stereocenters. The molecule has 0 fully saturated rings. The average molecular weight is 438 g/mol. The number of aryl methyl sites for hydroxylation is 1. The van der Waals surface area contributed by atoms with Gasteiger partial charge in [-0.15, -0.1) is 0 Å². The molecule has 0 bridgehead atoms. The molecule has 3 rings (SSSR count). The van der Waals surface area contributed by atoms with E-state index in [0.29, 0.717) is 23.5 Å². The zero-order valence-corrected chi connectivity index (χ0v) is 18.6. The minimum absolute atomic E-state index is 0.290. The number of rotatable bonds is 8. The number of imidazole rings is 1. The lowest BCUT2D eigenvalue weighted by atomic mass is 10.2. The van der Waals surface area contributed by atoms with Crippen molar-refractivity contribution in [2.75, 3.05) is 13.1 Å². The summed E-state index contributed by atoms with van der Waals surface area (Å²) < 4.78 is 29.2. The van der Waals surface area contributed by atoms with E-state index in [9.17, 15) is 8.42 Å². The number of fused-ring (bicyclic) bond motifs is 1. The van der Waals surface area contributed by atoms with Crippen molar-refractivity contribution < 1.29 is 8.42 Å². The van der Waals surface area contributed by atoms with Gasteiger partial charge in [-0.1, -0.05) is 49.3 Å². The molecule has 1 aromatic heterocycles. The Morgan fingerprint density at radius 1 is 1.07 bits per heavy atom. The van der Waals surface area contributed by atoms with E-state index in [4.69, 9.17) is 16.6 Å². The Labute approximate surface area is 175 Å². The number of nitrogens with zero attached hydrogens (tertiary/aromatic N) is 3. The van der Waals surface area contributed by atoms with E-state index in [1.807, 2.05) is 44.2 Å². The molecule has 28 heavy (non-hydrogen) atoms. The van der Waals surface area contributed by atoms with Crippen LogP contribution in [0.25, 0.3) is 11.0 Å². The van der Waals surface area contributed by atoms with E-state index >= 15 is 0 Å². The number of aromatic nitrogens is 2. The molecule has 0 saturated carbocycles. The maximum absolute atomic E-state index is 12.8. The monoisotopic (exact) mass is 437 g/mol. The molecule has 5 nitrogen and oxygen atoms in total. The summed E-state index contributed by atoms with van der Waals surface area (Å²) in [5.41, 5.74) is 2.81. The summed E-state index contributed by atoms with van der Waals surface area (Å²) in [4.78, 5) is 5.01. The zero-order valence-electron chi connectivity index (χ0n) is 16.2. The second kappa shape index (κ2) is 8.86. The third-order valence-corrected chi connectivity index (χ3v) is 7.97. The molecule has 0 spiro atoms. The van der Waals surface area contributed by atoms with Crippen molar-refractivity contribution in [3.8, 4) is 0 Å². The predicted octanol–water partition coefficient (Wildman–Crippen LogP) is 5.03. The smallest absolute Gasteiger partial charge is 0.243 e. The van der Waals surface area contributed by atoms with Gasteiger partial charge in [0.05, 0.1) is 15.9 Å². The van der Waals surface area contributed by atoms with Gasteiger partial charge in [0.15, 0.2) is 5.16 Å². The van der Waals surface area contributed by atoms with E-state index in [2.05, 4.69) is 11.5 Å². The third-order valence-electron chi connectivity index (χ3n) is 4.63. The van der Waals surface area contributed by atoms with Gasteiger partial charge < -0.3 is 4.57 Å². The molecule has 0 aliphatic rings. The van der Waals surface area contributed by atoms with Crippen molar-refractivity contribution in [3.63, 3.8) is 0 Å². The Kier molecular flexibility index (Phi) is 6.70. The van der Waals surface area contributed by atoms with Crippen LogP contribution in [0.2, 0.25) is 5.02 Å². The highest BCUT2D eigenvalue weighted by atomic mass is 35.5. The molecule has 0 radical (unpaired) electrons. The van der Waals surface area contributed by atoms with Gasteiger partial charge in [-0.3, -0.25) is 0 Å². The minimum Gasteiger partial charge on any atom is -0.319 e. The molecule has 1 heterocycles. The molecule has 0 aliphatic carbocycles. The summed E-state index contributed by atoms with van der Waals surface area (Å²) in [5.74, 6) is 0.769. The van der Waals surface area contributed by atoms with Gasteiger partial charge in [-0.25, -0.2) is 13.4 Å². The van der Waals surface area contributed by atoms with Crippen LogP contribution in [0.4, 0.5) is 0 Å². The topological polar surface area (TPSA) is 55.2 Å². The molecular formula is C20H24ClN3O2S2. The predicted molar refractivity (Wildman–Crippen MR) is 117 cm³/mol. The van der Waals surface area contributed by atoms with Crippen LogP contribution in [0, 0.1) is 0 Å². The average Bonchev–Trinajstić information content (AvgIpc) is 3.05. The summed E-state index contributed by atoms with van der Waals surface area (Å²) >= 11 is 7.58. The fourth-order valence-corrected chi connectivity index (χ4v) is 5.74.